The minimum atomic E-state index is -0.995. The molecule has 1 aliphatic rings. The van der Waals surface area contributed by atoms with Crippen molar-refractivity contribution >= 4 is 24.0 Å². The Balaban J connectivity index is 0.00000300. The summed E-state index contributed by atoms with van der Waals surface area (Å²) in [6.07, 6.45) is 0.448. The Hall–Kier alpha value is -2.15. The second-order valence-electron chi connectivity index (χ2n) is 7.74. The van der Waals surface area contributed by atoms with Crippen LogP contribution in [0.2, 0.25) is 0 Å². The maximum absolute atomic E-state index is 13.3. The zero-order valence-electron chi connectivity index (χ0n) is 16.9. The molecule has 0 saturated heterocycles. The maximum atomic E-state index is 13.3. The first kappa shape index (κ1) is 23.1. The van der Waals surface area contributed by atoms with Crippen molar-refractivity contribution in [2.45, 2.75) is 45.4 Å². The Morgan fingerprint density at radius 3 is 2.62 bits per heavy atom. The standard InChI is InChI=1S/C22H27FN2O3.ClH/c1-4-27-19-13-22(24,21(19,2)3)20(26)25-17-9-6-10-18(12-17)28-14-15-7-5-8-16(23)11-15;/h5-12,19H,4,13-14,24H2,1-3H3,(H,25,26);1H. The highest BCUT2D eigenvalue weighted by atomic mass is 35.5. The normalized spacial score (nSPS) is 22.2. The number of ether oxygens (including phenoxy) is 2. The number of hydrogen-bond acceptors (Lipinski definition) is 4. The number of anilines is 1. The van der Waals surface area contributed by atoms with E-state index in [1.54, 1.807) is 36.4 Å². The number of amides is 1. The van der Waals surface area contributed by atoms with E-state index in [2.05, 4.69) is 5.32 Å². The lowest BCUT2D eigenvalue weighted by Gasteiger charge is -2.57. The molecular formula is C22H28ClFN2O3. The summed E-state index contributed by atoms with van der Waals surface area (Å²) in [4.78, 5) is 12.8. The topological polar surface area (TPSA) is 73.6 Å². The molecule has 1 aliphatic carbocycles. The van der Waals surface area contributed by atoms with Crippen LogP contribution in [-0.4, -0.2) is 24.2 Å². The molecule has 2 aromatic carbocycles. The van der Waals surface area contributed by atoms with E-state index in [0.717, 1.165) is 5.56 Å². The van der Waals surface area contributed by atoms with Crippen LogP contribution in [0, 0.1) is 11.2 Å². The monoisotopic (exact) mass is 422 g/mol. The number of halogens is 2. The molecule has 0 aromatic heterocycles. The largest absolute Gasteiger partial charge is 0.489 e. The van der Waals surface area contributed by atoms with Gasteiger partial charge in [-0.2, -0.15) is 0 Å². The van der Waals surface area contributed by atoms with Gasteiger partial charge in [-0.15, -0.1) is 12.4 Å². The van der Waals surface area contributed by atoms with E-state index in [0.29, 0.717) is 24.5 Å². The molecule has 1 amide bonds. The molecule has 158 valence electrons. The van der Waals surface area contributed by atoms with Crippen LogP contribution >= 0.6 is 12.4 Å². The summed E-state index contributed by atoms with van der Waals surface area (Å²) >= 11 is 0. The molecule has 2 atom stereocenters. The van der Waals surface area contributed by atoms with Gasteiger partial charge in [-0.05, 0) is 36.8 Å². The molecule has 1 fully saturated rings. The molecule has 0 heterocycles. The third-order valence-corrected chi connectivity index (χ3v) is 5.62. The van der Waals surface area contributed by atoms with Crippen LogP contribution in [0.5, 0.6) is 5.75 Å². The minimum absolute atomic E-state index is 0. The van der Waals surface area contributed by atoms with Gasteiger partial charge in [0, 0.05) is 30.2 Å². The van der Waals surface area contributed by atoms with Gasteiger partial charge < -0.3 is 20.5 Å². The molecule has 0 spiro atoms. The molecule has 0 radical (unpaired) electrons. The fourth-order valence-electron chi connectivity index (χ4n) is 3.52. The second-order valence-corrected chi connectivity index (χ2v) is 7.74. The van der Waals surface area contributed by atoms with Gasteiger partial charge in [0.15, 0.2) is 0 Å². The molecule has 3 N–H and O–H groups in total. The van der Waals surface area contributed by atoms with E-state index in [1.165, 1.54) is 12.1 Å². The first-order valence-electron chi connectivity index (χ1n) is 9.45. The molecule has 7 heteroatoms. The van der Waals surface area contributed by atoms with E-state index in [4.69, 9.17) is 15.2 Å². The van der Waals surface area contributed by atoms with Crippen LogP contribution in [-0.2, 0) is 16.1 Å². The third-order valence-electron chi connectivity index (χ3n) is 5.62. The SMILES string of the molecule is CCOC1CC(N)(C(=O)Nc2cccc(OCc3cccc(F)c3)c2)C1(C)C.Cl. The van der Waals surface area contributed by atoms with Crippen molar-refractivity contribution in [2.24, 2.45) is 11.1 Å². The van der Waals surface area contributed by atoms with E-state index in [9.17, 15) is 9.18 Å². The highest BCUT2D eigenvalue weighted by Gasteiger charge is 2.62. The predicted molar refractivity (Wildman–Crippen MR) is 114 cm³/mol. The molecular weight excluding hydrogens is 395 g/mol. The Morgan fingerprint density at radius 2 is 1.97 bits per heavy atom. The van der Waals surface area contributed by atoms with Gasteiger partial charge in [0.1, 0.15) is 23.7 Å². The number of hydrogen-bond donors (Lipinski definition) is 2. The zero-order valence-corrected chi connectivity index (χ0v) is 17.7. The van der Waals surface area contributed by atoms with Crippen LogP contribution in [0.3, 0.4) is 0 Å². The van der Waals surface area contributed by atoms with Gasteiger partial charge in [0.25, 0.3) is 0 Å². The van der Waals surface area contributed by atoms with Crippen molar-refractivity contribution in [2.75, 3.05) is 11.9 Å². The molecule has 2 aromatic rings. The van der Waals surface area contributed by atoms with Gasteiger partial charge in [-0.25, -0.2) is 4.39 Å². The van der Waals surface area contributed by atoms with Crippen LogP contribution in [0.4, 0.5) is 10.1 Å². The third kappa shape index (κ3) is 4.71. The first-order chi connectivity index (χ1) is 13.3. The van der Waals surface area contributed by atoms with Crippen molar-refractivity contribution in [3.8, 4) is 5.75 Å². The minimum Gasteiger partial charge on any atom is -0.489 e. The average Bonchev–Trinajstić information content (AvgIpc) is 2.66. The fraction of sp³-hybridized carbons (Fsp3) is 0.409. The van der Waals surface area contributed by atoms with Crippen LogP contribution < -0.4 is 15.8 Å². The summed E-state index contributed by atoms with van der Waals surface area (Å²) in [5, 5.41) is 2.89. The number of carbonyl (C=O) groups excluding carboxylic acids is 1. The number of nitrogens with one attached hydrogen (secondary N) is 1. The van der Waals surface area contributed by atoms with Gasteiger partial charge in [0.2, 0.25) is 5.91 Å². The van der Waals surface area contributed by atoms with Crippen LogP contribution in [0.15, 0.2) is 48.5 Å². The van der Waals surface area contributed by atoms with E-state index in [1.807, 2.05) is 20.8 Å². The maximum Gasteiger partial charge on any atom is 0.245 e. The van der Waals surface area contributed by atoms with E-state index in [-0.39, 0.29) is 36.8 Å². The lowest BCUT2D eigenvalue weighted by molar-refractivity contribution is -0.166. The molecule has 0 bridgehead atoms. The Kier molecular flexibility index (Phi) is 7.27. The Bertz CT molecular complexity index is 861. The van der Waals surface area contributed by atoms with Gasteiger partial charge in [0.05, 0.1) is 6.10 Å². The quantitative estimate of drug-likeness (QED) is 0.697. The number of rotatable bonds is 7. The molecule has 2 unspecified atom stereocenters. The lowest BCUT2D eigenvalue weighted by atomic mass is 9.54. The predicted octanol–water partition coefficient (Wildman–Crippen LogP) is 4.30. The summed E-state index contributed by atoms with van der Waals surface area (Å²) in [6, 6.07) is 13.3. The molecule has 0 aliphatic heterocycles. The van der Waals surface area contributed by atoms with E-state index < -0.39 is 11.0 Å². The Morgan fingerprint density at radius 1 is 1.24 bits per heavy atom. The van der Waals surface area contributed by atoms with Crippen molar-refractivity contribution in [3.05, 3.63) is 59.9 Å². The van der Waals surface area contributed by atoms with Crippen LogP contribution in [0.25, 0.3) is 0 Å². The first-order valence-corrected chi connectivity index (χ1v) is 9.45. The van der Waals surface area contributed by atoms with Gasteiger partial charge in [-0.3, -0.25) is 4.79 Å². The summed E-state index contributed by atoms with van der Waals surface area (Å²) in [5.41, 5.74) is 6.30. The summed E-state index contributed by atoms with van der Waals surface area (Å²) in [7, 11) is 0. The molecule has 5 nitrogen and oxygen atoms in total. The molecule has 29 heavy (non-hydrogen) atoms. The van der Waals surface area contributed by atoms with Gasteiger partial charge >= 0.3 is 0 Å². The highest BCUT2D eigenvalue weighted by Crippen LogP contribution is 2.50. The molecule has 3 rings (SSSR count). The van der Waals surface area contributed by atoms with Crippen molar-refractivity contribution < 1.29 is 18.7 Å². The molecule has 1 saturated carbocycles. The van der Waals surface area contributed by atoms with Crippen molar-refractivity contribution in [1.29, 1.82) is 0 Å². The Labute approximate surface area is 177 Å². The van der Waals surface area contributed by atoms with Crippen molar-refractivity contribution in [1.82, 2.24) is 0 Å². The number of nitrogens with two attached hydrogens (primary N) is 1. The van der Waals surface area contributed by atoms with Gasteiger partial charge in [-0.1, -0.05) is 32.0 Å². The summed E-state index contributed by atoms with van der Waals surface area (Å²) in [5.74, 6) is 0.0350. The average molecular weight is 423 g/mol. The smallest absolute Gasteiger partial charge is 0.245 e. The fourth-order valence-corrected chi connectivity index (χ4v) is 3.52. The van der Waals surface area contributed by atoms with Crippen LogP contribution in [0.1, 0.15) is 32.8 Å². The van der Waals surface area contributed by atoms with Crippen molar-refractivity contribution in [3.63, 3.8) is 0 Å². The summed E-state index contributed by atoms with van der Waals surface area (Å²) in [6.45, 7) is 6.67. The second kappa shape index (κ2) is 9.11. The number of carbonyl (C=O) groups is 1. The lowest BCUT2D eigenvalue weighted by Crippen LogP contribution is -2.74. The number of benzene rings is 2. The zero-order chi connectivity index (χ0) is 20.4. The highest BCUT2D eigenvalue weighted by molar-refractivity contribution is 5.99. The van der Waals surface area contributed by atoms with E-state index >= 15 is 0 Å². The summed E-state index contributed by atoms with van der Waals surface area (Å²) < 4.78 is 24.7.